The van der Waals surface area contributed by atoms with Gasteiger partial charge < -0.3 is 10.4 Å². The van der Waals surface area contributed by atoms with Crippen LogP contribution in [0, 0.1) is 0 Å². The van der Waals surface area contributed by atoms with Crippen molar-refractivity contribution in [1.29, 1.82) is 0 Å². The molecule has 0 bridgehead atoms. The Hall–Kier alpha value is -2.30. The lowest BCUT2D eigenvalue weighted by molar-refractivity contribution is 0.0978. The number of aliphatic hydroxyl groups is 1. The summed E-state index contributed by atoms with van der Waals surface area (Å²) >= 11 is 0. The van der Waals surface area contributed by atoms with Crippen molar-refractivity contribution in [2.45, 2.75) is 25.1 Å². The lowest BCUT2D eigenvalue weighted by Crippen LogP contribution is -2.24. The monoisotopic (exact) mass is 291 g/mol. The number of carbonyl (C=O) groups excluding carboxylic acids is 2. The summed E-state index contributed by atoms with van der Waals surface area (Å²) in [7, 11) is 0. The van der Waals surface area contributed by atoms with Crippen LogP contribution < -0.4 is 5.32 Å². The lowest BCUT2D eigenvalue weighted by Gasteiger charge is -2.22. The van der Waals surface area contributed by atoms with Crippen LogP contribution in [0.5, 0.6) is 0 Å². The molecule has 2 aliphatic carbocycles. The van der Waals surface area contributed by atoms with Crippen molar-refractivity contribution in [1.82, 2.24) is 5.32 Å². The summed E-state index contributed by atoms with van der Waals surface area (Å²) in [5.74, 6) is -0.177. The number of carbonyl (C=O) groups is 2. The van der Waals surface area contributed by atoms with Gasteiger partial charge >= 0.3 is 0 Å². The van der Waals surface area contributed by atoms with Crippen LogP contribution in [-0.2, 0) is 13.0 Å². The van der Waals surface area contributed by atoms with E-state index in [-0.39, 0.29) is 24.2 Å². The maximum atomic E-state index is 12.9. The second-order valence-electron chi connectivity index (χ2n) is 6.17. The SMILES string of the molecule is O=C1c2ccccc2C(=O)c2c1cc(CO)c1c2CC2NC12. The Morgan fingerprint density at radius 2 is 1.82 bits per heavy atom. The molecule has 2 aromatic carbocycles. The van der Waals surface area contributed by atoms with E-state index in [1.807, 2.05) is 0 Å². The van der Waals surface area contributed by atoms with Crippen molar-refractivity contribution >= 4 is 11.6 Å². The average molecular weight is 291 g/mol. The van der Waals surface area contributed by atoms with E-state index in [0.717, 1.165) is 23.1 Å². The summed E-state index contributed by atoms with van der Waals surface area (Å²) in [5, 5.41) is 13.0. The highest BCUT2D eigenvalue weighted by Gasteiger charge is 2.49. The van der Waals surface area contributed by atoms with E-state index >= 15 is 0 Å². The van der Waals surface area contributed by atoms with Crippen LogP contribution in [0.25, 0.3) is 0 Å². The van der Waals surface area contributed by atoms with Gasteiger partial charge in [0.2, 0.25) is 0 Å². The van der Waals surface area contributed by atoms with Crippen LogP contribution >= 0.6 is 0 Å². The Bertz CT molecular complexity index is 884. The van der Waals surface area contributed by atoms with Gasteiger partial charge in [-0.15, -0.1) is 0 Å². The minimum atomic E-state index is -0.115. The third-order valence-corrected chi connectivity index (χ3v) is 5.04. The molecule has 2 N–H and O–H groups in total. The molecule has 5 rings (SSSR count). The van der Waals surface area contributed by atoms with Gasteiger partial charge in [-0.05, 0) is 29.2 Å². The van der Waals surface area contributed by atoms with Gasteiger partial charge in [0.1, 0.15) is 0 Å². The zero-order valence-electron chi connectivity index (χ0n) is 11.7. The Morgan fingerprint density at radius 1 is 1.09 bits per heavy atom. The first-order valence-corrected chi connectivity index (χ1v) is 7.44. The molecular formula is C18H13NO3. The molecule has 2 unspecified atom stereocenters. The molecular weight excluding hydrogens is 278 g/mol. The summed E-state index contributed by atoms with van der Waals surface area (Å²) < 4.78 is 0. The zero-order chi connectivity index (χ0) is 15.0. The molecule has 0 saturated carbocycles. The van der Waals surface area contributed by atoms with Crippen molar-refractivity contribution in [3.63, 3.8) is 0 Å². The van der Waals surface area contributed by atoms with E-state index in [4.69, 9.17) is 0 Å². The molecule has 4 heteroatoms. The molecule has 0 radical (unpaired) electrons. The predicted molar refractivity (Wildman–Crippen MR) is 79.0 cm³/mol. The van der Waals surface area contributed by atoms with E-state index < -0.39 is 0 Å². The van der Waals surface area contributed by atoms with Crippen molar-refractivity contribution in [3.8, 4) is 0 Å². The maximum Gasteiger partial charge on any atom is 0.194 e. The van der Waals surface area contributed by atoms with E-state index in [2.05, 4.69) is 5.32 Å². The summed E-state index contributed by atoms with van der Waals surface area (Å²) in [6.45, 7) is -0.108. The molecule has 4 nitrogen and oxygen atoms in total. The number of nitrogens with one attached hydrogen (secondary N) is 1. The Labute approximate surface area is 126 Å². The Balaban J connectivity index is 1.84. The van der Waals surface area contributed by atoms with Crippen LogP contribution in [0.4, 0.5) is 0 Å². The van der Waals surface area contributed by atoms with Gasteiger partial charge in [0.15, 0.2) is 11.6 Å². The Morgan fingerprint density at radius 3 is 2.55 bits per heavy atom. The van der Waals surface area contributed by atoms with Crippen LogP contribution in [0.15, 0.2) is 30.3 Å². The van der Waals surface area contributed by atoms with Crippen molar-refractivity contribution < 1.29 is 14.7 Å². The number of aliphatic hydroxyl groups excluding tert-OH is 1. The van der Waals surface area contributed by atoms with Crippen LogP contribution in [0.2, 0.25) is 0 Å². The van der Waals surface area contributed by atoms with Gasteiger partial charge in [0.25, 0.3) is 0 Å². The first-order valence-electron chi connectivity index (χ1n) is 7.44. The maximum absolute atomic E-state index is 12.9. The molecule has 0 amide bonds. The van der Waals surface area contributed by atoms with Gasteiger partial charge in [0, 0.05) is 34.3 Å². The number of hydrogen-bond acceptors (Lipinski definition) is 4. The zero-order valence-corrected chi connectivity index (χ0v) is 11.7. The van der Waals surface area contributed by atoms with E-state index in [9.17, 15) is 14.7 Å². The van der Waals surface area contributed by atoms with E-state index in [1.165, 1.54) is 0 Å². The van der Waals surface area contributed by atoms with Crippen LogP contribution in [0.3, 0.4) is 0 Å². The smallest absolute Gasteiger partial charge is 0.194 e. The number of benzene rings is 2. The van der Waals surface area contributed by atoms with Crippen LogP contribution in [-0.4, -0.2) is 22.7 Å². The summed E-state index contributed by atoms with van der Waals surface area (Å²) in [4.78, 5) is 25.7. The largest absolute Gasteiger partial charge is 0.392 e. The summed E-state index contributed by atoms with van der Waals surface area (Å²) in [5.41, 5.74) is 4.73. The molecule has 1 saturated heterocycles. The molecule has 0 aromatic heterocycles. The first-order chi connectivity index (χ1) is 10.7. The minimum absolute atomic E-state index is 0.0627. The molecule has 1 aliphatic heterocycles. The minimum Gasteiger partial charge on any atom is -0.392 e. The standard InChI is InChI=1S/C18H13NO3/c20-7-8-5-12-15(11-6-13-16(19-13)14(8)11)18(22)10-4-2-1-3-9(10)17(12)21/h1-5,13,16,19-20H,6-7H2. The van der Waals surface area contributed by atoms with Crippen molar-refractivity contribution in [2.75, 3.05) is 0 Å². The first kappa shape index (κ1) is 12.3. The number of fused-ring (bicyclic) bond motifs is 6. The number of ketones is 2. The van der Waals surface area contributed by atoms with Gasteiger partial charge in [-0.25, -0.2) is 0 Å². The fourth-order valence-electron chi connectivity index (χ4n) is 4.00. The second kappa shape index (κ2) is 3.91. The molecule has 1 fully saturated rings. The van der Waals surface area contributed by atoms with Gasteiger partial charge in [-0.2, -0.15) is 0 Å². The van der Waals surface area contributed by atoms with Crippen molar-refractivity contribution in [3.05, 3.63) is 69.3 Å². The third kappa shape index (κ3) is 1.34. The fraction of sp³-hybridized carbons (Fsp3) is 0.222. The highest BCUT2D eigenvalue weighted by Crippen LogP contribution is 2.47. The van der Waals surface area contributed by atoms with Gasteiger partial charge in [-0.3, -0.25) is 9.59 Å². The molecule has 22 heavy (non-hydrogen) atoms. The Kier molecular flexibility index (Phi) is 2.18. The highest BCUT2D eigenvalue weighted by molar-refractivity contribution is 6.29. The second-order valence-corrected chi connectivity index (χ2v) is 6.17. The molecule has 2 aromatic rings. The molecule has 2 atom stereocenters. The molecule has 108 valence electrons. The third-order valence-electron chi connectivity index (χ3n) is 5.04. The highest BCUT2D eigenvalue weighted by atomic mass is 16.3. The molecule has 3 aliphatic rings. The van der Waals surface area contributed by atoms with Gasteiger partial charge in [-0.1, -0.05) is 24.3 Å². The van der Waals surface area contributed by atoms with Crippen LogP contribution in [0.1, 0.15) is 54.6 Å². The average Bonchev–Trinajstić information content (AvgIpc) is 3.22. The molecule has 0 spiro atoms. The van der Waals surface area contributed by atoms with Gasteiger partial charge in [0.05, 0.1) is 6.61 Å². The fourth-order valence-corrected chi connectivity index (χ4v) is 4.00. The number of hydrogen-bond donors (Lipinski definition) is 2. The summed E-state index contributed by atoms with van der Waals surface area (Å²) in [6.07, 6.45) is 0.761. The quantitative estimate of drug-likeness (QED) is 0.667. The summed E-state index contributed by atoms with van der Waals surface area (Å²) in [6, 6.07) is 9.29. The lowest BCUT2D eigenvalue weighted by atomic mass is 9.79. The van der Waals surface area contributed by atoms with Crippen molar-refractivity contribution in [2.24, 2.45) is 0 Å². The van der Waals surface area contributed by atoms with E-state index in [0.29, 0.717) is 28.3 Å². The normalized spacial score (nSPS) is 23.7. The predicted octanol–water partition coefficient (Wildman–Crippen LogP) is 1.52. The molecule has 1 heterocycles. The van der Waals surface area contributed by atoms with E-state index in [1.54, 1.807) is 30.3 Å². The number of rotatable bonds is 1. The topological polar surface area (TPSA) is 76.3 Å².